The monoisotopic (exact) mass is 255 g/mol. The first kappa shape index (κ1) is 13.6. The molecule has 0 radical (unpaired) electrons. The fourth-order valence-electron chi connectivity index (χ4n) is 2.75. The van der Waals surface area contributed by atoms with Crippen molar-refractivity contribution in [3.63, 3.8) is 0 Å². The molecule has 5 nitrogen and oxygen atoms in total. The van der Waals surface area contributed by atoms with Crippen LogP contribution in [-0.2, 0) is 4.74 Å². The van der Waals surface area contributed by atoms with E-state index in [1.165, 1.54) is 0 Å². The molecular weight excluding hydrogens is 230 g/mol. The summed E-state index contributed by atoms with van der Waals surface area (Å²) in [5, 5.41) is 0. The van der Waals surface area contributed by atoms with Gasteiger partial charge in [0.15, 0.2) is 0 Å². The lowest BCUT2D eigenvalue weighted by atomic mass is 10.1. The van der Waals surface area contributed by atoms with Crippen molar-refractivity contribution in [2.24, 2.45) is 0 Å². The Morgan fingerprint density at radius 1 is 1.44 bits per heavy atom. The summed E-state index contributed by atoms with van der Waals surface area (Å²) in [6, 6.07) is 0.746. The second kappa shape index (κ2) is 5.45. The number of likely N-dealkylation sites (tertiary alicyclic amines) is 1. The summed E-state index contributed by atoms with van der Waals surface area (Å²) >= 11 is 0. The highest BCUT2D eigenvalue weighted by atomic mass is 16.5. The number of likely N-dealkylation sites (N-methyl/N-ethyl adjacent to an activating group) is 1. The Balaban J connectivity index is 2.00. The third-order valence-electron chi connectivity index (χ3n) is 4.17. The molecule has 0 aromatic heterocycles. The van der Waals surface area contributed by atoms with E-state index in [0.717, 1.165) is 32.8 Å². The van der Waals surface area contributed by atoms with Gasteiger partial charge in [0.25, 0.3) is 0 Å². The Kier molecular flexibility index (Phi) is 4.12. The molecule has 0 aliphatic carbocycles. The Morgan fingerprint density at radius 3 is 2.78 bits per heavy atom. The highest BCUT2D eigenvalue weighted by Gasteiger charge is 2.41. The maximum absolute atomic E-state index is 12.3. The number of fused-ring (bicyclic) bond motifs is 1. The average Bonchev–Trinajstić information content (AvgIpc) is 2.80. The van der Waals surface area contributed by atoms with E-state index < -0.39 is 0 Å². The molecule has 0 N–H and O–H groups in total. The highest BCUT2D eigenvalue weighted by molar-refractivity contribution is 5.75. The molecule has 2 atom stereocenters. The predicted octanol–water partition coefficient (Wildman–Crippen LogP) is 0.851. The number of hydrogen-bond acceptors (Lipinski definition) is 3. The van der Waals surface area contributed by atoms with Crippen molar-refractivity contribution in [3.8, 4) is 0 Å². The van der Waals surface area contributed by atoms with Crippen LogP contribution in [0.25, 0.3) is 0 Å². The molecule has 0 spiro atoms. The third kappa shape index (κ3) is 2.47. The van der Waals surface area contributed by atoms with Gasteiger partial charge in [-0.2, -0.15) is 0 Å². The van der Waals surface area contributed by atoms with Crippen molar-refractivity contribution in [1.29, 1.82) is 0 Å². The molecule has 2 saturated heterocycles. The van der Waals surface area contributed by atoms with E-state index in [2.05, 4.69) is 11.8 Å². The summed E-state index contributed by atoms with van der Waals surface area (Å²) < 4.78 is 5.80. The second-order valence-electron chi connectivity index (χ2n) is 5.50. The summed E-state index contributed by atoms with van der Waals surface area (Å²) in [6.07, 6.45) is 0.197. The van der Waals surface area contributed by atoms with E-state index in [0.29, 0.717) is 6.04 Å². The van der Waals surface area contributed by atoms with Crippen LogP contribution in [0.1, 0.15) is 20.8 Å². The Labute approximate surface area is 110 Å². The molecule has 0 aromatic rings. The first-order chi connectivity index (χ1) is 8.54. The zero-order valence-electron chi connectivity index (χ0n) is 11.9. The van der Waals surface area contributed by atoms with Crippen molar-refractivity contribution in [2.45, 2.75) is 39.0 Å². The summed E-state index contributed by atoms with van der Waals surface area (Å²) in [6.45, 7) is 10.6. The van der Waals surface area contributed by atoms with Crippen LogP contribution < -0.4 is 0 Å². The maximum atomic E-state index is 12.3. The standard InChI is InChI=1S/C13H25N3O2/c1-5-15-6-7-18-12-9-16(8-11(12)15)13(17)14(4)10(2)3/h10-12H,5-9H2,1-4H3. The van der Waals surface area contributed by atoms with Gasteiger partial charge in [-0.1, -0.05) is 6.92 Å². The van der Waals surface area contributed by atoms with Gasteiger partial charge < -0.3 is 14.5 Å². The molecule has 0 aromatic carbocycles. The number of nitrogens with zero attached hydrogens (tertiary/aromatic N) is 3. The second-order valence-corrected chi connectivity index (χ2v) is 5.50. The molecule has 2 aliphatic rings. The lowest BCUT2D eigenvalue weighted by Gasteiger charge is -2.35. The van der Waals surface area contributed by atoms with E-state index in [1.54, 1.807) is 4.90 Å². The van der Waals surface area contributed by atoms with Gasteiger partial charge in [0.05, 0.1) is 25.3 Å². The highest BCUT2D eigenvalue weighted by Crippen LogP contribution is 2.23. The van der Waals surface area contributed by atoms with Gasteiger partial charge in [-0.25, -0.2) is 4.79 Å². The molecule has 2 unspecified atom stereocenters. The third-order valence-corrected chi connectivity index (χ3v) is 4.17. The number of amides is 2. The van der Waals surface area contributed by atoms with Gasteiger partial charge in [-0.05, 0) is 20.4 Å². The van der Waals surface area contributed by atoms with Gasteiger partial charge in [-0.3, -0.25) is 4.90 Å². The van der Waals surface area contributed by atoms with Crippen LogP contribution in [0.3, 0.4) is 0 Å². The smallest absolute Gasteiger partial charge is 0.320 e. The lowest BCUT2D eigenvalue weighted by molar-refractivity contribution is -0.0449. The van der Waals surface area contributed by atoms with Gasteiger partial charge >= 0.3 is 6.03 Å². The minimum Gasteiger partial charge on any atom is -0.373 e. The number of morpholine rings is 1. The summed E-state index contributed by atoms with van der Waals surface area (Å²) in [5.41, 5.74) is 0. The molecule has 0 bridgehead atoms. The number of carbonyl (C=O) groups is 1. The van der Waals surface area contributed by atoms with Crippen LogP contribution in [0, 0.1) is 0 Å². The SMILES string of the molecule is CCN1CCOC2CN(C(=O)N(C)C(C)C)CC21. The van der Waals surface area contributed by atoms with Gasteiger partial charge in [0.1, 0.15) is 0 Å². The van der Waals surface area contributed by atoms with Gasteiger partial charge in [0.2, 0.25) is 0 Å². The minimum absolute atomic E-state index is 0.124. The normalized spacial score (nSPS) is 28.6. The lowest BCUT2D eigenvalue weighted by Crippen LogP contribution is -2.50. The van der Waals surface area contributed by atoms with Crippen molar-refractivity contribution < 1.29 is 9.53 Å². The molecule has 2 rings (SSSR count). The number of urea groups is 1. The zero-order chi connectivity index (χ0) is 13.3. The molecule has 2 amide bonds. The van der Waals surface area contributed by atoms with E-state index in [4.69, 9.17) is 4.74 Å². The van der Waals surface area contributed by atoms with E-state index >= 15 is 0 Å². The van der Waals surface area contributed by atoms with Crippen molar-refractivity contribution >= 4 is 6.03 Å². The number of rotatable bonds is 2. The topological polar surface area (TPSA) is 36.0 Å². The van der Waals surface area contributed by atoms with Crippen LogP contribution in [0.2, 0.25) is 0 Å². The molecule has 5 heteroatoms. The van der Waals surface area contributed by atoms with Gasteiger partial charge in [0, 0.05) is 26.2 Å². The predicted molar refractivity (Wildman–Crippen MR) is 70.6 cm³/mol. The number of hydrogen-bond donors (Lipinski definition) is 0. The van der Waals surface area contributed by atoms with Crippen molar-refractivity contribution in [2.75, 3.05) is 39.8 Å². The van der Waals surface area contributed by atoms with E-state index in [1.807, 2.05) is 25.8 Å². The van der Waals surface area contributed by atoms with Crippen LogP contribution in [0.4, 0.5) is 4.79 Å². The van der Waals surface area contributed by atoms with Crippen LogP contribution in [0.15, 0.2) is 0 Å². The Bertz CT molecular complexity index is 309. The molecule has 104 valence electrons. The van der Waals surface area contributed by atoms with Crippen LogP contribution in [0.5, 0.6) is 0 Å². The number of carbonyl (C=O) groups excluding carboxylic acids is 1. The average molecular weight is 255 g/mol. The summed E-state index contributed by atoms with van der Waals surface area (Å²) in [5.74, 6) is 0. The minimum atomic E-state index is 0.124. The van der Waals surface area contributed by atoms with Crippen molar-refractivity contribution in [3.05, 3.63) is 0 Å². The Hall–Kier alpha value is -0.810. The largest absolute Gasteiger partial charge is 0.373 e. The van der Waals surface area contributed by atoms with Gasteiger partial charge in [-0.15, -0.1) is 0 Å². The molecular formula is C13H25N3O2. The first-order valence-electron chi connectivity index (χ1n) is 6.92. The maximum Gasteiger partial charge on any atom is 0.320 e. The fourth-order valence-corrected chi connectivity index (χ4v) is 2.75. The first-order valence-corrected chi connectivity index (χ1v) is 6.92. The summed E-state index contributed by atoms with van der Waals surface area (Å²) in [4.78, 5) is 18.5. The molecule has 2 fully saturated rings. The molecule has 2 aliphatic heterocycles. The zero-order valence-corrected chi connectivity index (χ0v) is 11.9. The molecule has 2 heterocycles. The van der Waals surface area contributed by atoms with Crippen LogP contribution >= 0.6 is 0 Å². The fraction of sp³-hybridized carbons (Fsp3) is 0.923. The quantitative estimate of drug-likeness (QED) is 0.734. The van der Waals surface area contributed by atoms with E-state index in [9.17, 15) is 4.79 Å². The summed E-state index contributed by atoms with van der Waals surface area (Å²) in [7, 11) is 1.87. The molecule has 0 saturated carbocycles. The van der Waals surface area contributed by atoms with Crippen LogP contribution in [-0.4, -0.2) is 78.8 Å². The van der Waals surface area contributed by atoms with E-state index in [-0.39, 0.29) is 18.2 Å². The Morgan fingerprint density at radius 2 is 2.17 bits per heavy atom. The number of ether oxygens (including phenoxy) is 1. The molecule has 18 heavy (non-hydrogen) atoms. The van der Waals surface area contributed by atoms with Crippen molar-refractivity contribution in [1.82, 2.24) is 14.7 Å².